The van der Waals surface area contributed by atoms with E-state index in [1.165, 1.54) is 11.8 Å². The number of ether oxygens (including phenoxy) is 1. The van der Waals surface area contributed by atoms with Gasteiger partial charge in [-0.25, -0.2) is 4.98 Å². The van der Waals surface area contributed by atoms with Gasteiger partial charge >= 0.3 is 0 Å². The van der Waals surface area contributed by atoms with E-state index in [0.717, 1.165) is 29.7 Å². The lowest BCUT2D eigenvalue weighted by atomic mass is 10.0. The number of aromatic nitrogens is 2. The predicted molar refractivity (Wildman–Crippen MR) is 127 cm³/mol. The first-order valence-corrected chi connectivity index (χ1v) is 11.6. The molecule has 1 heterocycles. The number of aryl methyl sites for hydroxylation is 2. The molecule has 1 amide bonds. The van der Waals surface area contributed by atoms with Crippen LogP contribution in [-0.4, -0.2) is 34.9 Å². The van der Waals surface area contributed by atoms with E-state index in [4.69, 9.17) is 4.74 Å². The molecule has 0 saturated heterocycles. The Hall–Kier alpha value is -2.64. The standard InChI is InChI=1S/C24H29N3O3S/c1-4-17-10-8-11-18(5-2)22(17)26-21(28)16-31-24-25-20-13-7-6-12-19(20)23(29)27(24)14-9-15-30-3/h6-8,10-13H,4-5,9,14-16H2,1-3H3,(H,26,28). The number of nitrogens with one attached hydrogen (secondary N) is 1. The molecule has 3 aromatic rings. The fourth-order valence-corrected chi connectivity index (χ4v) is 4.36. The third kappa shape index (κ3) is 5.54. The number of carbonyl (C=O) groups is 1. The number of thioether (sulfide) groups is 1. The zero-order valence-electron chi connectivity index (χ0n) is 18.3. The molecule has 1 aromatic heterocycles. The molecule has 1 N–H and O–H groups in total. The summed E-state index contributed by atoms with van der Waals surface area (Å²) in [7, 11) is 1.64. The highest BCUT2D eigenvalue weighted by Gasteiger charge is 2.15. The Morgan fingerprint density at radius 2 is 1.81 bits per heavy atom. The lowest BCUT2D eigenvalue weighted by Gasteiger charge is -2.15. The maximum absolute atomic E-state index is 13.0. The Morgan fingerprint density at radius 1 is 1.10 bits per heavy atom. The molecule has 0 aliphatic heterocycles. The Morgan fingerprint density at radius 3 is 2.48 bits per heavy atom. The molecule has 0 spiro atoms. The normalized spacial score (nSPS) is 11.1. The number of anilines is 1. The van der Waals surface area contributed by atoms with E-state index in [1.807, 2.05) is 36.4 Å². The molecule has 0 bridgehead atoms. The first-order chi connectivity index (χ1) is 15.1. The van der Waals surface area contributed by atoms with Crippen molar-refractivity contribution in [2.45, 2.75) is 44.8 Å². The number of hydrogen-bond acceptors (Lipinski definition) is 5. The molecule has 6 nitrogen and oxygen atoms in total. The van der Waals surface area contributed by atoms with Crippen molar-refractivity contribution in [2.75, 3.05) is 24.8 Å². The number of para-hydroxylation sites is 2. The second kappa shape index (κ2) is 11.1. The van der Waals surface area contributed by atoms with Gasteiger partial charge in [0.15, 0.2) is 5.16 Å². The van der Waals surface area contributed by atoms with Crippen LogP contribution >= 0.6 is 11.8 Å². The fraction of sp³-hybridized carbons (Fsp3) is 0.375. The van der Waals surface area contributed by atoms with Gasteiger partial charge in [0, 0.05) is 25.9 Å². The molecule has 7 heteroatoms. The van der Waals surface area contributed by atoms with E-state index in [-0.39, 0.29) is 17.2 Å². The first kappa shape index (κ1) is 23.0. The van der Waals surface area contributed by atoms with Crippen LogP contribution in [0.2, 0.25) is 0 Å². The van der Waals surface area contributed by atoms with Crippen LogP contribution in [0, 0.1) is 0 Å². The zero-order valence-corrected chi connectivity index (χ0v) is 19.1. The highest BCUT2D eigenvalue weighted by Crippen LogP contribution is 2.24. The summed E-state index contributed by atoms with van der Waals surface area (Å²) in [6, 6.07) is 13.4. The Bertz CT molecular complexity index is 1090. The molecule has 31 heavy (non-hydrogen) atoms. The van der Waals surface area contributed by atoms with Crippen molar-refractivity contribution in [3.05, 3.63) is 63.9 Å². The van der Waals surface area contributed by atoms with Gasteiger partial charge in [-0.15, -0.1) is 0 Å². The highest BCUT2D eigenvalue weighted by molar-refractivity contribution is 7.99. The Balaban J connectivity index is 1.82. The summed E-state index contributed by atoms with van der Waals surface area (Å²) < 4.78 is 6.78. The van der Waals surface area contributed by atoms with Crippen LogP contribution in [0.15, 0.2) is 52.4 Å². The largest absolute Gasteiger partial charge is 0.385 e. The average molecular weight is 440 g/mol. The minimum atomic E-state index is -0.105. The van der Waals surface area contributed by atoms with E-state index in [9.17, 15) is 9.59 Å². The van der Waals surface area contributed by atoms with Gasteiger partial charge in [-0.05, 0) is 42.5 Å². The van der Waals surface area contributed by atoms with Crippen LogP contribution in [0.4, 0.5) is 5.69 Å². The van der Waals surface area contributed by atoms with E-state index in [0.29, 0.717) is 35.6 Å². The smallest absolute Gasteiger partial charge is 0.262 e. The van der Waals surface area contributed by atoms with Gasteiger partial charge in [-0.2, -0.15) is 0 Å². The SMILES string of the molecule is CCc1cccc(CC)c1NC(=O)CSc1nc2ccccc2c(=O)n1CCCOC. The molecule has 0 saturated carbocycles. The number of nitrogens with zero attached hydrogens (tertiary/aromatic N) is 2. The predicted octanol–water partition coefficient (Wildman–Crippen LogP) is 4.29. The number of hydrogen-bond donors (Lipinski definition) is 1. The molecule has 0 aliphatic rings. The third-order valence-electron chi connectivity index (χ3n) is 5.15. The van der Waals surface area contributed by atoms with Gasteiger partial charge in [0.2, 0.25) is 5.91 Å². The molecule has 164 valence electrons. The maximum Gasteiger partial charge on any atom is 0.262 e. The molecule has 0 unspecified atom stereocenters. The van der Waals surface area contributed by atoms with E-state index in [1.54, 1.807) is 17.7 Å². The molecule has 3 rings (SSSR count). The highest BCUT2D eigenvalue weighted by atomic mass is 32.2. The van der Waals surface area contributed by atoms with Gasteiger partial charge in [0.05, 0.1) is 16.7 Å². The summed E-state index contributed by atoms with van der Waals surface area (Å²) >= 11 is 1.29. The monoisotopic (exact) mass is 439 g/mol. The van der Waals surface area contributed by atoms with E-state index >= 15 is 0 Å². The van der Waals surface area contributed by atoms with Crippen molar-refractivity contribution < 1.29 is 9.53 Å². The second-order valence-corrected chi connectivity index (χ2v) is 8.15. The number of benzene rings is 2. The molecule has 2 aromatic carbocycles. The fourth-order valence-electron chi connectivity index (χ4n) is 3.53. The topological polar surface area (TPSA) is 73.2 Å². The number of carbonyl (C=O) groups excluding carboxylic acids is 1. The molecular formula is C24H29N3O3S. The molecule has 0 radical (unpaired) electrons. The van der Waals surface area contributed by atoms with Crippen molar-refractivity contribution in [2.24, 2.45) is 0 Å². The number of fused-ring (bicyclic) bond motifs is 1. The number of amides is 1. The summed E-state index contributed by atoms with van der Waals surface area (Å²) in [5, 5.41) is 4.21. The van der Waals surface area contributed by atoms with Crippen LogP contribution in [0.5, 0.6) is 0 Å². The van der Waals surface area contributed by atoms with Gasteiger partial charge < -0.3 is 10.1 Å². The van der Waals surface area contributed by atoms with Crippen molar-refractivity contribution in [1.29, 1.82) is 0 Å². The third-order valence-corrected chi connectivity index (χ3v) is 6.13. The molecular weight excluding hydrogens is 410 g/mol. The van der Waals surface area contributed by atoms with Crippen molar-refractivity contribution >= 4 is 34.3 Å². The maximum atomic E-state index is 13.0. The van der Waals surface area contributed by atoms with Crippen molar-refractivity contribution in [1.82, 2.24) is 9.55 Å². The first-order valence-electron chi connectivity index (χ1n) is 10.6. The van der Waals surface area contributed by atoms with Gasteiger partial charge in [0.1, 0.15) is 0 Å². The summed E-state index contributed by atoms with van der Waals surface area (Å²) in [5.74, 6) is 0.0717. The lowest BCUT2D eigenvalue weighted by molar-refractivity contribution is -0.113. The average Bonchev–Trinajstić information content (AvgIpc) is 2.79. The summed E-state index contributed by atoms with van der Waals surface area (Å²) in [5.41, 5.74) is 3.70. The quantitative estimate of drug-likeness (QED) is 0.290. The Kier molecular flexibility index (Phi) is 8.26. The molecule has 0 aliphatic carbocycles. The zero-order chi connectivity index (χ0) is 22.2. The van der Waals surface area contributed by atoms with Crippen molar-refractivity contribution in [3.63, 3.8) is 0 Å². The van der Waals surface area contributed by atoms with Crippen LogP contribution in [-0.2, 0) is 28.9 Å². The lowest BCUT2D eigenvalue weighted by Crippen LogP contribution is -2.25. The molecule has 0 atom stereocenters. The van der Waals surface area contributed by atoms with Crippen LogP contribution in [0.1, 0.15) is 31.4 Å². The number of methoxy groups -OCH3 is 1. The van der Waals surface area contributed by atoms with Crippen LogP contribution in [0.25, 0.3) is 10.9 Å². The summed E-state index contributed by atoms with van der Waals surface area (Å²) in [4.78, 5) is 30.5. The molecule has 0 fully saturated rings. The number of rotatable bonds is 10. The Labute approximate surface area is 187 Å². The summed E-state index contributed by atoms with van der Waals surface area (Å²) in [6.45, 7) is 5.21. The second-order valence-electron chi connectivity index (χ2n) is 7.21. The summed E-state index contributed by atoms with van der Waals surface area (Å²) in [6.07, 6.45) is 2.39. The van der Waals surface area contributed by atoms with Gasteiger partial charge in [-0.3, -0.25) is 14.2 Å². The van der Waals surface area contributed by atoms with Gasteiger partial charge in [-0.1, -0.05) is 55.9 Å². The van der Waals surface area contributed by atoms with E-state index < -0.39 is 0 Å². The minimum absolute atomic E-state index is 0.0887. The van der Waals surface area contributed by atoms with Crippen molar-refractivity contribution in [3.8, 4) is 0 Å². The minimum Gasteiger partial charge on any atom is -0.385 e. The van der Waals surface area contributed by atoms with Crippen LogP contribution < -0.4 is 10.9 Å². The van der Waals surface area contributed by atoms with Gasteiger partial charge in [0.25, 0.3) is 5.56 Å². The van der Waals surface area contributed by atoms with E-state index in [2.05, 4.69) is 24.1 Å². The van der Waals surface area contributed by atoms with Crippen LogP contribution in [0.3, 0.4) is 0 Å².